The van der Waals surface area contributed by atoms with Crippen molar-refractivity contribution in [2.24, 2.45) is 0 Å². The maximum absolute atomic E-state index is 5.43. The first-order chi connectivity index (χ1) is 33.7. The minimum atomic E-state index is 0.649. The Morgan fingerprint density at radius 1 is 0.246 bits per heavy atom. The molecule has 69 heavy (non-hydrogen) atoms. The molecule has 0 amide bonds. The third kappa shape index (κ3) is 6.22. The highest BCUT2D eigenvalue weighted by Gasteiger charge is 2.23. The Labute approximate surface area is 400 Å². The average molecular weight is 889 g/mol. The summed E-state index contributed by atoms with van der Waals surface area (Å²) in [4.78, 5) is 16.3. The number of hydrogen-bond donors (Lipinski definition) is 0. The SMILES string of the molecule is Cc1cc(-n2c3ccccc3c3ccccc32)c(C)cc1-c1nc(-c2cc(C)c(-n3c4ccccc4c4ccccc43)cc2C)nc(-c2cc(C)c(-n3c4ccccc4c4ccccc43)cc2C)n1. The van der Waals surface area contributed by atoms with Gasteiger partial charge in [-0.2, -0.15) is 0 Å². The molecule has 4 heterocycles. The van der Waals surface area contributed by atoms with Crippen molar-refractivity contribution in [1.29, 1.82) is 0 Å². The van der Waals surface area contributed by atoms with Crippen LogP contribution in [0, 0.1) is 41.5 Å². The fourth-order valence-corrected chi connectivity index (χ4v) is 11.1. The quantitative estimate of drug-likeness (QED) is 0.167. The van der Waals surface area contributed by atoms with Crippen molar-refractivity contribution in [3.63, 3.8) is 0 Å². The number of benzene rings is 9. The molecular weight excluding hydrogens is 841 g/mol. The average Bonchev–Trinajstić information content (AvgIpc) is 4.01. The van der Waals surface area contributed by atoms with Gasteiger partial charge in [-0.1, -0.05) is 109 Å². The van der Waals surface area contributed by atoms with Crippen molar-refractivity contribution in [2.75, 3.05) is 0 Å². The Hall–Kier alpha value is -8.61. The summed E-state index contributed by atoms with van der Waals surface area (Å²) in [6.45, 7) is 13.1. The molecule has 0 bridgehead atoms. The van der Waals surface area contributed by atoms with Gasteiger partial charge in [-0.15, -0.1) is 0 Å². The molecule has 0 fully saturated rings. The summed E-state index contributed by atoms with van der Waals surface area (Å²) in [5, 5.41) is 7.45. The molecule has 0 saturated heterocycles. The van der Waals surface area contributed by atoms with E-state index in [9.17, 15) is 0 Å². The van der Waals surface area contributed by atoms with Crippen LogP contribution in [0.4, 0.5) is 0 Å². The molecule has 6 heteroatoms. The maximum Gasteiger partial charge on any atom is 0.164 e. The summed E-state index contributed by atoms with van der Waals surface area (Å²) in [5.74, 6) is 1.95. The molecule has 0 unspecified atom stereocenters. The molecule has 0 atom stereocenters. The van der Waals surface area contributed by atoms with Gasteiger partial charge < -0.3 is 13.7 Å². The minimum absolute atomic E-state index is 0.649. The molecule has 0 aliphatic carbocycles. The second-order valence-electron chi connectivity index (χ2n) is 18.8. The molecule has 6 nitrogen and oxygen atoms in total. The highest BCUT2D eigenvalue weighted by atomic mass is 15.0. The van der Waals surface area contributed by atoms with E-state index in [0.717, 1.165) is 67.1 Å². The van der Waals surface area contributed by atoms with Gasteiger partial charge in [-0.3, -0.25) is 0 Å². The molecule has 9 aromatic carbocycles. The van der Waals surface area contributed by atoms with Gasteiger partial charge in [0, 0.05) is 66.1 Å². The Morgan fingerprint density at radius 3 is 0.667 bits per heavy atom. The van der Waals surface area contributed by atoms with Crippen LogP contribution in [0.1, 0.15) is 33.4 Å². The smallest absolute Gasteiger partial charge is 0.164 e. The summed E-state index contributed by atoms with van der Waals surface area (Å²) in [7, 11) is 0. The van der Waals surface area contributed by atoms with Gasteiger partial charge >= 0.3 is 0 Å². The first kappa shape index (κ1) is 40.6. The van der Waals surface area contributed by atoms with Crippen LogP contribution >= 0.6 is 0 Å². The van der Waals surface area contributed by atoms with Gasteiger partial charge in [0.15, 0.2) is 17.5 Å². The molecule has 330 valence electrons. The van der Waals surface area contributed by atoms with E-state index in [2.05, 4.69) is 237 Å². The van der Waals surface area contributed by atoms with Crippen molar-refractivity contribution in [3.05, 3.63) is 215 Å². The second kappa shape index (κ2) is 15.5. The fourth-order valence-electron chi connectivity index (χ4n) is 11.1. The molecular formula is C63H48N6. The number of hydrogen-bond acceptors (Lipinski definition) is 3. The zero-order valence-electron chi connectivity index (χ0n) is 39.5. The van der Waals surface area contributed by atoms with Crippen LogP contribution in [0.15, 0.2) is 182 Å². The van der Waals surface area contributed by atoms with Gasteiger partial charge in [0.2, 0.25) is 0 Å². The van der Waals surface area contributed by atoms with Gasteiger partial charge in [0.1, 0.15) is 0 Å². The normalized spacial score (nSPS) is 11.9. The number of aromatic nitrogens is 6. The Balaban J connectivity index is 1.01. The van der Waals surface area contributed by atoms with E-state index < -0.39 is 0 Å². The van der Waals surface area contributed by atoms with Crippen molar-refractivity contribution >= 4 is 65.4 Å². The van der Waals surface area contributed by atoms with E-state index in [0.29, 0.717) is 17.5 Å². The Kier molecular flexibility index (Phi) is 9.12. The molecule has 4 aromatic heterocycles. The van der Waals surface area contributed by atoms with Gasteiger partial charge in [0.25, 0.3) is 0 Å². The van der Waals surface area contributed by atoms with Crippen LogP contribution < -0.4 is 0 Å². The Bertz CT molecular complexity index is 3670. The summed E-state index contributed by atoms with van der Waals surface area (Å²) in [6, 6.07) is 65.8. The topological polar surface area (TPSA) is 53.5 Å². The summed E-state index contributed by atoms with van der Waals surface area (Å²) in [6.07, 6.45) is 0. The zero-order valence-corrected chi connectivity index (χ0v) is 39.5. The predicted octanol–water partition coefficient (Wildman–Crippen LogP) is 16.0. The zero-order chi connectivity index (χ0) is 46.7. The number of rotatable bonds is 6. The van der Waals surface area contributed by atoms with Crippen molar-refractivity contribution in [3.8, 4) is 51.2 Å². The molecule has 0 aliphatic rings. The largest absolute Gasteiger partial charge is 0.309 e. The molecule has 13 aromatic rings. The Morgan fingerprint density at radius 2 is 0.449 bits per heavy atom. The van der Waals surface area contributed by atoms with Crippen LogP contribution in [-0.4, -0.2) is 28.7 Å². The van der Waals surface area contributed by atoms with E-state index in [-0.39, 0.29) is 0 Å². The lowest BCUT2D eigenvalue weighted by atomic mass is 10.00. The summed E-state index contributed by atoms with van der Waals surface area (Å²) < 4.78 is 7.20. The van der Waals surface area contributed by atoms with Crippen molar-refractivity contribution < 1.29 is 0 Å². The minimum Gasteiger partial charge on any atom is -0.309 e. The van der Waals surface area contributed by atoms with E-state index in [4.69, 9.17) is 15.0 Å². The molecule has 0 spiro atoms. The second-order valence-corrected chi connectivity index (χ2v) is 18.8. The third-order valence-electron chi connectivity index (χ3n) is 14.4. The highest BCUT2D eigenvalue weighted by Crippen LogP contribution is 2.40. The van der Waals surface area contributed by atoms with Crippen LogP contribution in [-0.2, 0) is 0 Å². The van der Waals surface area contributed by atoms with E-state index in [1.807, 2.05) is 0 Å². The fraction of sp³-hybridized carbons (Fsp3) is 0.0952. The maximum atomic E-state index is 5.43. The molecule has 0 saturated carbocycles. The predicted molar refractivity (Wildman–Crippen MR) is 288 cm³/mol. The lowest BCUT2D eigenvalue weighted by Crippen LogP contribution is -2.06. The first-order valence-electron chi connectivity index (χ1n) is 23.8. The molecule has 13 rings (SSSR count). The lowest BCUT2D eigenvalue weighted by Gasteiger charge is -2.18. The summed E-state index contributed by atoms with van der Waals surface area (Å²) in [5.41, 5.74) is 20.1. The van der Waals surface area contributed by atoms with Gasteiger partial charge in [0.05, 0.1) is 33.1 Å². The monoisotopic (exact) mass is 888 g/mol. The standard InChI is InChI=1S/C63H48N6/c1-37-34-58(67-52-25-13-7-19-43(52)44-20-8-14-26-53(44)67)40(4)31-49(37)61-64-62(50-32-41(5)59(35-38(50)2)68-54-27-15-9-21-45(54)46-22-10-16-28-55(46)68)66-63(65-61)51-33-42(6)60(36-39(51)3)69-56-29-17-11-23-47(56)48-24-12-18-30-57(48)69/h7-36H,1-6H3. The van der Waals surface area contributed by atoms with Crippen LogP contribution in [0.25, 0.3) is 117 Å². The van der Waals surface area contributed by atoms with Crippen molar-refractivity contribution in [2.45, 2.75) is 41.5 Å². The van der Waals surface area contributed by atoms with Gasteiger partial charge in [-0.05, 0) is 148 Å². The van der Waals surface area contributed by atoms with Crippen molar-refractivity contribution in [1.82, 2.24) is 28.7 Å². The molecule has 0 radical (unpaired) electrons. The number of aryl methyl sites for hydroxylation is 6. The lowest BCUT2D eigenvalue weighted by molar-refractivity contribution is 1.05. The van der Waals surface area contributed by atoms with Crippen LogP contribution in [0.5, 0.6) is 0 Å². The third-order valence-corrected chi connectivity index (χ3v) is 14.4. The molecule has 0 aliphatic heterocycles. The van der Waals surface area contributed by atoms with E-state index in [1.165, 1.54) is 65.4 Å². The highest BCUT2D eigenvalue weighted by molar-refractivity contribution is 6.11. The summed E-state index contributed by atoms with van der Waals surface area (Å²) >= 11 is 0. The number of nitrogens with zero attached hydrogens (tertiary/aromatic N) is 6. The number of para-hydroxylation sites is 6. The van der Waals surface area contributed by atoms with E-state index >= 15 is 0 Å². The number of fused-ring (bicyclic) bond motifs is 9. The van der Waals surface area contributed by atoms with Crippen LogP contribution in [0.2, 0.25) is 0 Å². The van der Waals surface area contributed by atoms with Crippen LogP contribution in [0.3, 0.4) is 0 Å². The van der Waals surface area contributed by atoms with Gasteiger partial charge in [-0.25, -0.2) is 15.0 Å². The van der Waals surface area contributed by atoms with E-state index in [1.54, 1.807) is 0 Å². The first-order valence-corrected chi connectivity index (χ1v) is 23.8. The molecule has 0 N–H and O–H groups in total.